The van der Waals surface area contributed by atoms with E-state index < -0.39 is 23.4 Å². The Bertz CT molecular complexity index is 566. The molecule has 0 aromatic heterocycles. The Morgan fingerprint density at radius 2 is 1.30 bits per heavy atom. The van der Waals surface area contributed by atoms with Gasteiger partial charge in [0.1, 0.15) is 0 Å². The lowest BCUT2D eigenvalue weighted by molar-refractivity contribution is -0.385. The Labute approximate surface area is 180 Å². The molecule has 1 aromatic carbocycles. The SMILES string of the molecule is CCCCCCCCC(CCCCc1cc(F)c(F)c(F)c1)C(O)(OCC)OCC. The van der Waals surface area contributed by atoms with E-state index in [2.05, 4.69) is 6.92 Å². The third-order valence-electron chi connectivity index (χ3n) is 5.44. The molecule has 174 valence electrons. The minimum atomic E-state index is -1.61. The Hall–Kier alpha value is -1.11. The largest absolute Gasteiger partial charge is 0.343 e. The number of halogens is 3. The van der Waals surface area contributed by atoms with Crippen LogP contribution in [0.3, 0.4) is 0 Å². The number of unbranched alkanes of at least 4 members (excludes halogenated alkanes) is 6. The summed E-state index contributed by atoms with van der Waals surface area (Å²) >= 11 is 0. The van der Waals surface area contributed by atoms with Crippen LogP contribution in [0.5, 0.6) is 0 Å². The molecule has 0 radical (unpaired) electrons. The molecule has 1 aromatic rings. The van der Waals surface area contributed by atoms with Gasteiger partial charge in [0.2, 0.25) is 0 Å². The van der Waals surface area contributed by atoms with E-state index in [4.69, 9.17) is 9.47 Å². The first-order chi connectivity index (χ1) is 14.4. The van der Waals surface area contributed by atoms with E-state index in [1.165, 1.54) is 25.7 Å². The lowest BCUT2D eigenvalue weighted by Gasteiger charge is -2.35. The molecule has 30 heavy (non-hydrogen) atoms. The van der Waals surface area contributed by atoms with Crippen LogP contribution in [0.15, 0.2) is 12.1 Å². The maximum atomic E-state index is 13.4. The number of hydrogen-bond acceptors (Lipinski definition) is 3. The molecule has 1 unspecified atom stereocenters. The molecule has 1 atom stereocenters. The number of aryl methyl sites for hydroxylation is 1. The van der Waals surface area contributed by atoms with E-state index in [0.717, 1.165) is 37.8 Å². The second-order valence-electron chi connectivity index (χ2n) is 7.87. The quantitative estimate of drug-likeness (QED) is 0.165. The summed E-state index contributed by atoms with van der Waals surface area (Å²) < 4.78 is 51.0. The molecule has 0 fully saturated rings. The second-order valence-corrected chi connectivity index (χ2v) is 7.87. The molecular formula is C24H39F3O3. The van der Waals surface area contributed by atoms with Crippen LogP contribution < -0.4 is 0 Å². The van der Waals surface area contributed by atoms with Gasteiger partial charge in [-0.25, -0.2) is 13.2 Å². The number of ether oxygens (including phenoxy) is 2. The molecule has 3 nitrogen and oxygen atoms in total. The average Bonchev–Trinajstić information content (AvgIpc) is 2.70. The topological polar surface area (TPSA) is 38.7 Å². The molecule has 1 N–H and O–H groups in total. The van der Waals surface area contributed by atoms with Gasteiger partial charge in [0.05, 0.1) is 0 Å². The number of aliphatic hydroxyl groups is 1. The Balaban J connectivity index is 2.60. The normalized spacial score (nSPS) is 13.0. The zero-order chi connectivity index (χ0) is 22.4. The van der Waals surface area contributed by atoms with Crippen molar-refractivity contribution in [2.45, 2.75) is 97.4 Å². The summed E-state index contributed by atoms with van der Waals surface area (Å²) in [7, 11) is 0. The van der Waals surface area contributed by atoms with Crippen LogP contribution >= 0.6 is 0 Å². The van der Waals surface area contributed by atoms with Crippen molar-refractivity contribution in [1.29, 1.82) is 0 Å². The van der Waals surface area contributed by atoms with Gasteiger partial charge in [0.25, 0.3) is 5.97 Å². The average molecular weight is 433 g/mol. The van der Waals surface area contributed by atoms with E-state index in [-0.39, 0.29) is 5.92 Å². The van der Waals surface area contributed by atoms with Gasteiger partial charge >= 0.3 is 0 Å². The van der Waals surface area contributed by atoms with Gasteiger partial charge in [0, 0.05) is 19.1 Å². The maximum Gasteiger partial charge on any atom is 0.283 e. The van der Waals surface area contributed by atoms with E-state index >= 15 is 0 Å². The number of rotatable bonds is 17. The highest BCUT2D eigenvalue weighted by molar-refractivity contribution is 5.19. The molecule has 0 aliphatic carbocycles. The van der Waals surface area contributed by atoms with E-state index in [1.54, 1.807) is 0 Å². The summed E-state index contributed by atoms with van der Waals surface area (Å²) in [4.78, 5) is 0. The first-order valence-corrected chi connectivity index (χ1v) is 11.5. The summed E-state index contributed by atoms with van der Waals surface area (Å²) in [6, 6.07) is 2.09. The predicted octanol–water partition coefficient (Wildman–Crippen LogP) is 6.90. The molecule has 6 heteroatoms. The van der Waals surface area contributed by atoms with Gasteiger partial charge in [-0.3, -0.25) is 0 Å². The van der Waals surface area contributed by atoms with Crippen LogP contribution in [0.25, 0.3) is 0 Å². The van der Waals surface area contributed by atoms with Gasteiger partial charge in [-0.2, -0.15) is 0 Å². The fraction of sp³-hybridized carbons (Fsp3) is 0.750. The standard InChI is InChI=1S/C24H39F3O3/c1-4-7-8-9-10-11-15-20(24(28,29-5-2)30-6-3)16-13-12-14-19-17-21(25)23(27)22(26)18-19/h17-18,20,28H,4-16H2,1-3H3. The minimum absolute atomic E-state index is 0.176. The van der Waals surface area contributed by atoms with Crippen LogP contribution in [0.1, 0.15) is 90.5 Å². The molecule has 0 saturated carbocycles. The highest BCUT2D eigenvalue weighted by atomic mass is 19.2. The maximum absolute atomic E-state index is 13.4. The highest BCUT2D eigenvalue weighted by Gasteiger charge is 2.38. The van der Waals surface area contributed by atoms with Crippen molar-refractivity contribution in [3.05, 3.63) is 35.1 Å². The Kier molecular flexibility index (Phi) is 13.3. The van der Waals surface area contributed by atoms with Crippen LogP contribution in [0, 0.1) is 23.4 Å². The van der Waals surface area contributed by atoms with Crippen molar-refractivity contribution in [1.82, 2.24) is 0 Å². The third kappa shape index (κ3) is 9.36. The van der Waals surface area contributed by atoms with Crippen molar-refractivity contribution >= 4 is 0 Å². The first-order valence-electron chi connectivity index (χ1n) is 11.5. The van der Waals surface area contributed by atoms with Crippen LogP contribution in [-0.4, -0.2) is 24.3 Å². The lowest BCUT2D eigenvalue weighted by atomic mass is 9.91. The van der Waals surface area contributed by atoms with Gasteiger partial charge in [-0.15, -0.1) is 0 Å². The molecule has 0 heterocycles. The molecule has 1 rings (SSSR count). The molecule has 0 aliphatic rings. The van der Waals surface area contributed by atoms with Crippen molar-refractivity contribution < 1.29 is 27.8 Å². The predicted molar refractivity (Wildman–Crippen MR) is 114 cm³/mol. The highest BCUT2D eigenvalue weighted by Crippen LogP contribution is 2.31. The van der Waals surface area contributed by atoms with Gasteiger partial charge in [0.15, 0.2) is 17.5 Å². The summed E-state index contributed by atoms with van der Waals surface area (Å²) in [6.45, 7) is 6.52. The zero-order valence-corrected chi connectivity index (χ0v) is 18.8. The van der Waals surface area contributed by atoms with Crippen LogP contribution in [0.2, 0.25) is 0 Å². The van der Waals surface area contributed by atoms with Crippen LogP contribution in [-0.2, 0) is 15.9 Å². The molecule has 0 spiro atoms. The monoisotopic (exact) mass is 432 g/mol. The fourth-order valence-electron chi connectivity index (χ4n) is 3.84. The van der Waals surface area contributed by atoms with Gasteiger partial charge in [-0.05, 0) is 57.2 Å². The van der Waals surface area contributed by atoms with Crippen molar-refractivity contribution in [3.8, 4) is 0 Å². The van der Waals surface area contributed by atoms with E-state index in [0.29, 0.717) is 38.0 Å². The summed E-state index contributed by atoms with van der Waals surface area (Å²) in [5, 5.41) is 10.9. The van der Waals surface area contributed by atoms with Gasteiger partial charge < -0.3 is 14.6 Å². The van der Waals surface area contributed by atoms with Gasteiger partial charge in [-0.1, -0.05) is 51.9 Å². The number of benzene rings is 1. The van der Waals surface area contributed by atoms with E-state index in [1.807, 2.05) is 13.8 Å². The molecular weight excluding hydrogens is 393 g/mol. The zero-order valence-electron chi connectivity index (χ0n) is 18.8. The third-order valence-corrected chi connectivity index (χ3v) is 5.44. The van der Waals surface area contributed by atoms with Crippen molar-refractivity contribution in [2.75, 3.05) is 13.2 Å². The Morgan fingerprint density at radius 3 is 1.83 bits per heavy atom. The Morgan fingerprint density at radius 1 is 0.800 bits per heavy atom. The van der Waals surface area contributed by atoms with Crippen molar-refractivity contribution in [3.63, 3.8) is 0 Å². The fourth-order valence-corrected chi connectivity index (χ4v) is 3.84. The minimum Gasteiger partial charge on any atom is -0.343 e. The first kappa shape index (κ1) is 26.9. The second kappa shape index (κ2) is 14.8. The summed E-state index contributed by atoms with van der Waals surface area (Å²) in [5.41, 5.74) is 0.434. The summed E-state index contributed by atoms with van der Waals surface area (Å²) in [5.74, 6) is -5.54. The van der Waals surface area contributed by atoms with Crippen molar-refractivity contribution in [2.24, 2.45) is 5.92 Å². The number of hydrogen-bond donors (Lipinski definition) is 1. The lowest BCUT2D eigenvalue weighted by Crippen LogP contribution is -2.44. The smallest absolute Gasteiger partial charge is 0.283 e. The summed E-state index contributed by atoms with van der Waals surface area (Å²) in [6.07, 6.45) is 10.3. The van der Waals surface area contributed by atoms with Crippen LogP contribution in [0.4, 0.5) is 13.2 Å². The van der Waals surface area contributed by atoms with E-state index in [9.17, 15) is 18.3 Å². The molecule has 0 aliphatic heterocycles. The molecule has 0 bridgehead atoms. The molecule has 0 amide bonds. The molecule has 0 saturated heterocycles.